The highest BCUT2D eigenvalue weighted by atomic mass is 16.6. The van der Waals surface area contributed by atoms with Gasteiger partial charge in [-0.05, 0) is 131 Å². The lowest BCUT2D eigenvalue weighted by atomic mass is 9.94. The average molecular weight is 1690 g/mol. The van der Waals surface area contributed by atoms with Crippen molar-refractivity contribution in [3.63, 3.8) is 0 Å². The Hall–Kier alpha value is -10.5. The fraction of sp³-hybridized carbons (Fsp3) is 0.629. The van der Waals surface area contributed by atoms with E-state index >= 15 is 0 Å². The number of carboxylic acid groups (broad SMARTS) is 1. The number of rotatable bonds is 44. The summed E-state index contributed by atoms with van der Waals surface area (Å²) in [6, 6.07) is 11.6. The predicted octanol–water partition coefficient (Wildman–Crippen LogP) is 5.29. The zero-order valence-corrected chi connectivity index (χ0v) is 75.7. The standard InChI is InChI=1S/C89H137N15O17/c1-52(2)42-68(93-80(111)60(13)100(20)89(120)121-51-67-65-40-32-30-38-63(65)64-39-31-33-41-66(64)67)82(113)96(16)50-75(106)98(18)59(12)79(110)94-70(44-54(5)6)84(115)102(22)72(46-61-34-26-25-27-35-61)87(118)99(19)58(11)78(109)91-49-74(105)92-69(43-53(3)4)83(114)101(21)71(45-55(7)8)86(117)97(17)56(9)48-90-57(10)81(112)104(24)77(62-36-28-29-37-62)88(119)103(23)73(47-76(107)108)85(116)95(14)15/h25-27,30-35,38-41,52-60,62,67-73,77,90H,28-29,36-37,42-51H2,1-24H3,(H,91,109)(H,92,105)(H,93,111)(H,94,110)(H,107,108)/t56-,57-,58-,59-,60-,68-,69-,70-,71-,72-,73-,77-/m0/s1. The Kier molecular flexibility index (Phi) is 38.8. The Morgan fingerprint density at radius 2 is 0.884 bits per heavy atom. The second-order valence-electron chi connectivity index (χ2n) is 34.9. The molecular weight excluding hydrogens is 1550 g/mol. The van der Waals surface area contributed by atoms with Crippen LogP contribution in [0.4, 0.5) is 4.79 Å². The molecule has 121 heavy (non-hydrogen) atoms. The molecule has 0 spiro atoms. The smallest absolute Gasteiger partial charge is 0.410 e. The lowest BCUT2D eigenvalue weighted by Crippen LogP contribution is -2.60. The second-order valence-corrected chi connectivity index (χ2v) is 34.9. The minimum atomic E-state index is -1.30. The van der Waals surface area contributed by atoms with E-state index < -0.39 is 181 Å². The summed E-state index contributed by atoms with van der Waals surface area (Å²) in [4.78, 5) is 224. The van der Waals surface area contributed by atoms with Gasteiger partial charge in [-0.1, -0.05) is 147 Å². The molecule has 3 aromatic carbocycles. The number of nitrogens with one attached hydrogen (secondary N) is 5. The van der Waals surface area contributed by atoms with Gasteiger partial charge in [-0.15, -0.1) is 0 Å². The quantitative estimate of drug-likeness (QED) is 0.0419. The van der Waals surface area contributed by atoms with E-state index in [4.69, 9.17) is 4.74 Å². The number of likely N-dealkylation sites (N-methyl/N-ethyl adjacent to an activating group) is 10. The molecule has 670 valence electrons. The maximum atomic E-state index is 15.0. The van der Waals surface area contributed by atoms with Crippen LogP contribution in [0.2, 0.25) is 0 Å². The maximum absolute atomic E-state index is 15.0. The normalized spacial score (nSPS) is 15.5. The van der Waals surface area contributed by atoms with Gasteiger partial charge in [0.25, 0.3) is 0 Å². The van der Waals surface area contributed by atoms with Crippen molar-refractivity contribution in [1.82, 2.24) is 75.6 Å². The lowest BCUT2D eigenvalue weighted by Gasteiger charge is -2.38. The zero-order valence-electron chi connectivity index (χ0n) is 75.7. The Balaban J connectivity index is 1.21. The van der Waals surface area contributed by atoms with Gasteiger partial charge in [-0.3, -0.25) is 72.0 Å². The molecule has 2 aliphatic rings. The van der Waals surface area contributed by atoms with Crippen LogP contribution >= 0.6 is 0 Å². The number of benzene rings is 3. The van der Waals surface area contributed by atoms with Crippen LogP contribution < -0.4 is 26.6 Å². The van der Waals surface area contributed by atoms with Crippen LogP contribution in [0.25, 0.3) is 11.1 Å². The van der Waals surface area contributed by atoms with Crippen LogP contribution in [0.15, 0.2) is 78.9 Å². The maximum Gasteiger partial charge on any atom is 0.410 e. The van der Waals surface area contributed by atoms with E-state index in [1.165, 1.54) is 116 Å². The van der Waals surface area contributed by atoms with Gasteiger partial charge in [0, 0.05) is 102 Å². The number of nitrogens with zero attached hydrogens (tertiary/aromatic N) is 10. The number of carboxylic acids is 1. The predicted molar refractivity (Wildman–Crippen MR) is 460 cm³/mol. The molecule has 3 aromatic rings. The number of carbonyl (C=O) groups is 15. The van der Waals surface area contributed by atoms with E-state index in [0.717, 1.165) is 59.6 Å². The average Bonchev–Trinajstić information content (AvgIpc) is 1.61. The zero-order chi connectivity index (χ0) is 91.0. The van der Waals surface area contributed by atoms with Crippen LogP contribution in [-0.4, -0.2) is 319 Å². The number of hydrogen-bond acceptors (Lipinski definition) is 17. The van der Waals surface area contributed by atoms with E-state index in [1.807, 2.05) is 104 Å². The van der Waals surface area contributed by atoms with Gasteiger partial charge in [0.1, 0.15) is 67.0 Å². The number of carbonyl (C=O) groups excluding carboxylic acids is 14. The first-order chi connectivity index (χ1) is 56.6. The van der Waals surface area contributed by atoms with Crippen LogP contribution in [0.5, 0.6) is 0 Å². The van der Waals surface area contributed by atoms with E-state index in [1.54, 1.807) is 51.2 Å². The minimum absolute atomic E-state index is 0.0305. The number of ether oxygens (including phenoxy) is 1. The lowest BCUT2D eigenvalue weighted by molar-refractivity contribution is -0.154. The third kappa shape index (κ3) is 27.7. The SMILES string of the molecule is CC(C)C[C@H](NC(=O)[C@H](C)N(C)C(=O)OCC1c2ccccc2-c2ccccc21)C(=O)N(C)CC(=O)N(C)[C@@H](C)C(=O)N[C@@H](CC(C)C)C(=O)N(C)[C@@H](Cc1ccccc1)C(=O)N(C)[C@@H](C)C(=O)NCC(=O)N[C@@H](CC(C)C)C(=O)N(C)[C@@H](CC(C)C)C(=O)N(C)[C@@H](C)CN[C@@H](C)C(=O)N(C)[C@H](C(=O)N(C)[C@@H](CC(=O)O)C(=O)N(C)C)C1CCCC1. The second kappa shape index (κ2) is 46.5. The van der Waals surface area contributed by atoms with Crippen LogP contribution in [0.3, 0.4) is 0 Å². The molecule has 0 aliphatic heterocycles. The van der Waals surface area contributed by atoms with Crippen molar-refractivity contribution < 1.29 is 81.8 Å². The summed E-state index contributed by atoms with van der Waals surface area (Å²) >= 11 is 0. The fourth-order valence-electron chi connectivity index (χ4n) is 15.4. The van der Waals surface area contributed by atoms with Crippen molar-refractivity contribution in [2.24, 2.45) is 29.6 Å². The van der Waals surface area contributed by atoms with Crippen molar-refractivity contribution in [2.75, 3.05) is 104 Å². The van der Waals surface area contributed by atoms with E-state index in [-0.39, 0.29) is 80.8 Å². The number of amides is 14. The van der Waals surface area contributed by atoms with Crippen LogP contribution in [-0.2, 0) is 78.3 Å². The summed E-state index contributed by atoms with van der Waals surface area (Å²) < 4.78 is 5.81. The largest absolute Gasteiger partial charge is 0.481 e. The number of hydrogen-bond donors (Lipinski definition) is 6. The van der Waals surface area contributed by atoms with Gasteiger partial charge in [-0.25, -0.2) is 4.79 Å². The molecule has 14 amide bonds. The molecule has 1 saturated carbocycles. The summed E-state index contributed by atoms with van der Waals surface area (Å²) in [7, 11) is 15.9. The van der Waals surface area contributed by atoms with E-state index in [9.17, 15) is 77.0 Å². The molecule has 0 unspecified atom stereocenters. The monoisotopic (exact) mass is 1690 g/mol. The molecule has 2 aliphatic carbocycles. The highest BCUT2D eigenvalue weighted by molar-refractivity contribution is 5.99. The third-order valence-corrected chi connectivity index (χ3v) is 23.4. The van der Waals surface area contributed by atoms with Crippen molar-refractivity contribution >= 4 is 88.9 Å². The summed E-state index contributed by atoms with van der Waals surface area (Å²) in [6.45, 7) is 21.7. The first kappa shape index (κ1) is 101. The van der Waals surface area contributed by atoms with Gasteiger partial charge >= 0.3 is 12.1 Å². The molecular formula is C89H137N15O17. The van der Waals surface area contributed by atoms with E-state index in [2.05, 4.69) is 26.6 Å². The molecule has 0 bridgehead atoms. The molecule has 6 N–H and O–H groups in total. The Bertz CT molecular complexity index is 4050. The summed E-state index contributed by atoms with van der Waals surface area (Å²) in [5.41, 5.74) is 4.82. The van der Waals surface area contributed by atoms with Gasteiger partial charge in [0.05, 0.1) is 25.6 Å². The number of aliphatic carboxylic acids is 1. The molecule has 32 nitrogen and oxygen atoms in total. The van der Waals surface area contributed by atoms with Crippen molar-refractivity contribution in [3.05, 3.63) is 95.6 Å². The first-order valence-corrected chi connectivity index (χ1v) is 42.2. The molecule has 0 aromatic heterocycles. The van der Waals surface area contributed by atoms with Crippen molar-refractivity contribution in [3.8, 4) is 11.1 Å². The summed E-state index contributed by atoms with van der Waals surface area (Å²) in [5, 5.41) is 23.9. The van der Waals surface area contributed by atoms with Crippen LogP contribution in [0, 0.1) is 29.6 Å². The third-order valence-electron chi connectivity index (χ3n) is 23.4. The highest BCUT2D eigenvalue weighted by Gasteiger charge is 2.45. The Morgan fingerprint density at radius 3 is 1.38 bits per heavy atom. The van der Waals surface area contributed by atoms with Crippen molar-refractivity contribution in [2.45, 2.75) is 233 Å². The van der Waals surface area contributed by atoms with E-state index in [0.29, 0.717) is 18.4 Å². The Labute approximate surface area is 715 Å². The highest BCUT2D eigenvalue weighted by Crippen LogP contribution is 2.45. The van der Waals surface area contributed by atoms with Crippen molar-refractivity contribution in [1.29, 1.82) is 0 Å². The molecule has 0 saturated heterocycles. The molecule has 0 radical (unpaired) electrons. The summed E-state index contributed by atoms with van der Waals surface area (Å²) in [6.07, 6.45) is 2.21. The molecule has 1 fully saturated rings. The topological polar surface area (TPSA) is 378 Å². The number of fused-ring (bicyclic) bond motifs is 3. The molecule has 5 rings (SSSR count). The van der Waals surface area contributed by atoms with Crippen LogP contribution in [0.1, 0.15) is 170 Å². The molecule has 12 atom stereocenters. The van der Waals surface area contributed by atoms with Gasteiger partial charge in [-0.2, -0.15) is 0 Å². The first-order valence-electron chi connectivity index (χ1n) is 42.2. The van der Waals surface area contributed by atoms with Gasteiger partial charge in [0.15, 0.2) is 0 Å². The van der Waals surface area contributed by atoms with Gasteiger partial charge < -0.3 is 80.5 Å². The Morgan fingerprint density at radius 1 is 0.438 bits per heavy atom. The van der Waals surface area contributed by atoms with Gasteiger partial charge in [0.2, 0.25) is 76.8 Å². The minimum Gasteiger partial charge on any atom is -0.481 e. The fourth-order valence-corrected chi connectivity index (χ4v) is 15.4. The molecule has 0 heterocycles. The summed E-state index contributed by atoms with van der Waals surface area (Å²) in [5.74, 6) is -10.2. The molecule has 32 heteroatoms.